The molecule has 1 aromatic carbocycles. The fourth-order valence-corrected chi connectivity index (χ4v) is 2.46. The van der Waals surface area contributed by atoms with Crippen LogP contribution in [0.1, 0.15) is 27.2 Å². The van der Waals surface area contributed by atoms with Crippen molar-refractivity contribution in [2.75, 3.05) is 5.32 Å². The molecule has 0 aliphatic rings. The third-order valence-electron chi connectivity index (χ3n) is 3.74. The molecule has 0 saturated heterocycles. The van der Waals surface area contributed by atoms with Crippen LogP contribution in [0, 0.1) is 6.92 Å². The first-order valence-corrected chi connectivity index (χ1v) is 8.13. The molecule has 3 rings (SSSR count). The Kier molecular flexibility index (Phi) is 5.36. The quantitative estimate of drug-likeness (QED) is 0.726. The maximum atomic E-state index is 12.3. The van der Waals surface area contributed by atoms with Crippen molar-refractivity contribution in [2.24, 2.45) is 0 Å². The molecule has 0 unspecified atom stereocenters. The molecule has 0 spiro atoms. The van der Waals surface area contributed by atoms with Gasteiger partial charge in [-0.1, -0.05) is 35.9 Å². The number of carbonyl (C=O) groups is 1. The predicted molar refractivity (Wildman–Crippen MR) is 98.1 cm³/mol. The number of aromatic nitrogens is 2. The van der Waals surface area contributed by atoms with E-state index in [2.05, 4.69) is 26.7 Å². The number of nitrogens with zero attached hydrogens (tertiary/aromatic N) is 2. The zero-order valence-electron chi connectivity index (χ0n) is 14.1. The summed E-state index contributed by atoms with van der Waals surface area (Å²) in [4.78, 5) is 20.7. The molecule has 25 heavy (non-hydrogen) atoms. The first kappa shape index (κ1) is 16.6. The zero-order chi connectivity index (χ0) is 17.5. The Labute approximate surface area is 147 Å². The molecule has 2 heterocycles. The third kappa shape index (κ3) is 4.88. The highest BCUT2D eigenvalue weighted by molar-refractivity contribution is 5.94. The van der Waals surface area contributed by atoms with Crippen molar-refractivity contribution in [1.82, 2.24) is 15.3 Å². The lowest BCUT2D eigenvalue weighted by Gasteiger charge is -2.09. The maximum absolute atomic E-state index is 12.3. The summed E-state index contributed by atoms with van der Waals surface area (Å²) in [7, 11) is 0. The molecule has 0 saturated carbocycles. The summed E-state index contributed by atoms with van der Waals surface area (Å²) in [6, 6.07) is 15.6. The number of rotatable bonds is 6. The largest absolute Gasteiger partial charge is 0.378 e. The lowest BCUT2D eigenvalue weighted by molar-refractivity contribution is 0.0950. The average molecular weight is 332 g/mol. The van der Waals surface area contributed by atoms with Crippen molar-refractivity contribution in [1.29, 1.82) is 0 Å². The van der Waals surface area contributed by atoms with Crippen molar-refractivity contribution in [3.8, 4) is 0 Å². The Balaban J connectivity index is 1.59. The number of carbonyl (C=O) groups excluding carboxylic acids is 1. The van der Waals surface area contributed by atoms with E-state index < -0.39 is 0 Å². The fraction of sp³-hybridized carbons (Fsp3) is 0.150. The second kappa shape index (κ2) is 8.06. The van der Waals surface area contributed by atoms with Gasteiger partial charge >= 0.3 is 0 Å². The predicted octanol–water partition coefficient (Wildman–Crippen LogP) is 3.33. The van der Waals surface area contributed by atoms with Crippen molar-refractivity contribution < 1.29 is 4.79 Å². The van der Waals surface area contributed by atoms with E-state index in [1.165, 1.54) is 5.56 Å². The Morgan fingerprint density at radius 1 is 1.04 bits per heavy atom. The minimum Gasteiger partial charge on any atom is -0.378 e. The Morgan fingerprint density at radius 3 is 2.76 bits per heavy atom. The van der Waals surface area contributed by atoms with Crippen LogP contribution in [0.25, 0.3) is 0 Å². The van der Waals surface area contributed by atoms with Crippen LogP contribution >= 0.6 is 0 Å². The number of hydrogen-bond donors (Lipinski definition) is 2. The molecule has 1 amide bonds. The van der Waals surface area contributed by atoms with E-state index >= 15 is 0 Å². The summed E-state index contributed by atoms with van der Waals surface area (Å²) in [5.74, 6) is -0.143. The van der Waals surface area contributed by atoms with Crippen LogP contribution in [-0.2, 0) is 13.1 Å². The second-order valence-electron chi connectivity index (χ2n) is 5.81. The van der Waals surface area contributed by atoms with Gasteiger partial charge in [0, 0.05) is 25.1 Å². The maximum Gasteiger partial charge on any atom is 0.253 e. The van der Waals surface area contributed by atoms with E-state index in [0.717, 1.165) is 16.9 Å². The standard InChI is InChI=1S/C20H20N4O/c1-15-5-4-6-16(9-15)11-24-20(25)17-10-19(13-21-12-17)23-14-18-7-2-3-8-22-18/h2-10,12-13,23H,11,14H2,1H3,(H,24,25). The van der Waals surface area contributed by atoms with Crippen molar-refractivity contribution in [3.63, 3.8) is 0 Å². The Hall–Kier alpha value is -3.21. The van der Waals surface area contributed by atoms with Crippen LogP contribution in [0.4, 0.5) is 5.69 Å². The third-order valence-corrected chi connectivity index (χ3v) is 3.74. The van der Waals surface area contributed by atoms with Crippen LogP contribution in [0.2, 0.25) is 0 Å². The number of nitrogens with one attached hydrogen (secondary N) is 2. The molecule has 0 fully saturated rings. The monoisotopic (exact) mass is 332 g/mol. The van der Waals surface area contributed by atoms with Gasteiger partial charge in [0.25, 0.3) is 5.91 Å². The molecule has 5 nitrogen and oxygen atoms in total. The summed E-state index contributed by atoms with van der Waals surface area (Å²) in [5.41, 5.74) is 4.49. The molecule has 0 bridgehead atoms. The van der Waals surface area contributed by atoms with Crippen molar-refractivity contribution >= 4 is 11.6 Å². The number of hydrogen-bond acceptors (Lipinski definition) is 4. The molecular weight excluding hydrogens is 312 g/mol. The molecule has 2 N–H and O–H groups in total. The summed E-state index contributed by atoms with van der Waals surface area (Å²) in [5, 5.41) is 6.16. The van der Waals surface area contributed by atoms with Gasteiger partial charge in [0.2, 0.25) is 0 Å². The molecular formula is C20H20N4O. The highest BCUT2D eigenvalue weighted by Gasteiger charge is 2.07. The molecule has 5 heteroatoms. The van der Waals surface area contributed by atoms with Crippen molar-refractivity contribution in [2.45, 2.75) is 20.0 Å². The van der Waals surface area contributed by atoms with Gasteiger partial charge in [-0.15, -0.1) is 0 Å². The molecule has 0 aliphatic carbocycles. The molecule has 126 valence electrons. The smallest absolute Gasteiger partial charge is 0.253 e. The summed E-state index contributed by atoms with van der Waals surface area (Å²) < 4.78 is 0. The molecule has 0 aliphatic heterocycles. The van der Waals surface area contributed by atoms with Gasteiger partial charge in [-0.05, 0) is 30.7 Å². The highest BCUT2D eigenvalue weighted by atomic mass is 16.1. The van der Waals surface area contributed by atoms with Gasteiger partial charge in [0.15, 0.2) is 0 Å². The van der Waals surface area contributed by atoms with E-state index in [1.54, 1.807) is 24.7 Å². The summed E-state index contributed by atoms with van der Waals surface area (Å²) >= 11 is 0. The minimum atomic E-state index is -0.143. The summed E-state index contributed by atoms with van der Waals surface area (Å²) in [6.07, 6.45) is 5.02. The lowest BCUT2D eigenvalue weighted by atomic mass is 10.1. The lowest BCUT2D eigenvalue weighted by Crippen LogP contribution is -2.23. The fourth-order valence-electron chi connectivity index (χ4n) is 2.46. The summed E-state index contributed by atoms with van der Waals surface area (Å²) in [6.45, 7) is 3.11. The molecule has 3 aromatic rings. The van der Waals surface area contributed by atoms with E-state index in [4.69, 9.17) is 0 Å². The topological polar surface area (TPSA) is 66.9 Å². The number of pyridine rings is 2. The van der Waals surface area contributed by atoms with E-state index in [0.29, 0.717) is 18.7 Å². The van der Waals surface area contributed by atoms with Crippen LogP contribution in [0.5, 0.6) is 0 Å². The van der Waals surface area contributed by atoms with Crippen LogP contribution in [0.3, 0.4) is 0 Å². The van der Waals surface area contributed by atoms with Gasteiger partial charge < -0.3 is 10.6 Å². The van der Waals surface area contributed by atoms with E-state index in [1.807, 2.05) is 43.3 Å². The molecule has 2 aromatic heterocycles. The van der Waals surface area contributed by atoms with E-state index in [-0.39, 0.29) is 5.91 Å². The average Bonchev–Trinajstić information content (AvgIpc) is 2.65. The van der Waals surface area contributed by atoms with Gasteiger partial charge in [0.05, 0.1) is 23.5 Å². The Bertz CT molecular complexity index is 849. The van der Waals surface area contributed by atoms with Gasteiger partial charge in [0.1, 0.15) is 0 Å². The van der Waals surface area contributed by atoms with Gasteiger partial charge in [-0.3, -0.25) is 14.8 Å². The highest BCUT2D eigenvalue weighted by Crippen LogP contribution is 2.10. The normalized spacial score (nSPS) is 10.3. The van der Waals surface area contributed by atoms with Gasteiger partial charge in [-0.2, -0.15) is 0 Å². The molecule has 0 radical (unpaired) electrons. The number of amides is 1. The van der Waals surface area contributed by atoms with Gasteiger partial charge in [-0.25, -0.2) is 0 Å². The van der Waals surface area contributed by atoms with Crippen LogP contribution in [0.15, 0.2) is 67.1 Å². The first-order valence-electron chi connectivity index (χ1n) is 8.13. The number of aryl methyl sites for hydroxylation is 1. The van der Waals surface area contributed by atoms with Crippen LogP contribution in [-0.4, -0.2) is 15.9 Å². The Morgan fingerprint density at radius 2 is 1.96 bits per heavy atom. The van der Waals surface area contributed by atoms with Crippen LogP contribution < -0.4 is 10.6 Å². The first-order chi connectivity index (χ1) is 12.2. The minimum absolute atomic E-state index is 0.143. The second-order valence-corrected chi connectivity index (χ2v) is 5.81. The number of benzene rings is 1. The van der Waals surface area contributed by atoms with E-state index in [9.17, 15) is 4.79 Å². The number of anilines is 1. The zero-order valence-corrected chi connectivity index (χ0v) is 14.1. The van der Waals surface area contributed by atoms with Crippen molar-refractivity contribution in [3.05, 3.63) is 89.5 Å². The molecule has 0 atom stereocenters. The SMILES string of the molecule is Cc1cccc(CNC(=O)c2cncc(NCc3ccccn3)c2)c1.